The highest BCUT2D eigenvalue weighted by Gasteiger charge is 2.19. The summed E-state index contributed by atoms with van der Waals surface area (Å²) < 4.78 is 11.5. The molecule has 0 amide bonds. The van der Waals surface area contributed by atoms with Crippen LogP contribution < -0.4 is 5.32 Å². The molecule has 0 spiro atoms. The van der Waals surface area contributed by atoms with Crippen molar-refractivity contribution in [3.8, 4) is 0 Å². The van der Waals surface area contributed by atoms with E-state index in [1.54, 1.807) is 0 Å². The summed E-state index contributed by atoms with van der Waals surface area (Å²) in [5, 5.41) is 3.44. The first-order chi connectivity index (χ1) is 9.72. The number of nitrogens with zero attached hydrogens (tertiary/aromatic N) is 1. The van der Waals surface area contributed by atoms with Crippen molar-refractivity contribution in [2.45, 2.75) is 46.1 Å². The van der Waals surface area contributed by atoms with Gasteiger partial charge in [0.15, 0.2) is 0 Å². The second-order valence-corrected chi connectivity index (χ2v) is 6.15. The van der Waals surface area contributed by atoms with Crippen molar-refractivity contribution >= 4 is 0 Å². The van der Waals surface area contributed by atoms with Crippen LogP contribution in [-0.2, 0) is 9.47 Å². The van der Waals surface area contributed by atoms with Gasteiger partial charge in [-0.15, -0.1) is 0 Å². The lowest BCUT2D eigenvalue weighted by Crippen LogP contribution is -2.47. The molecule has 1 rings (SSSR count). The minimum Gasteiger partial charge on any atom is -0.380 e. The smallest absolute Gasteiger partial charge is 0.0826 e. The lowest BCUT2D eigenvalue weighted by atomic mass is 10.1. The predicted molar refractivity (Wildman–Crippen MR) is 84.2 cm³/mol. The molecule has 1 saturated heterocycles. The molecular weight excluding hydrogens is 252 g/mol. The summed E-state index contributed by atoms with van der Waals surface area (Å²) in [6.45, 7) is 14.5. The minimum atomic E-state index is 0.344. The molecule has 0 bridgehead atoms. The van der Waals surface area contributed by atoms with Gasteiger partial charge in [0.25, 0.3) is 0 Å². The van der Waals surface area contributed by atoms with Gasteiger partial charge in [-0.25, -0.2) is 0 Å². The Balaban J connectivity index is 1.99. The van der Waals surface area contributed by atoms with Crippen LogP contribution in [0, 0.1) is 5.92 Å². The quantitative estimate of drug-likeness (QED) is 0.590. The Labute approximate surface area is 125 Å². The Kier molecular flexibility index (Phi) is 10.3. The number of hydrogen-bond donors (Lipinski definition) is 1. The Bertz CT molecular complexity index is 225. The van der Waals surface area contributed by atoms with Crippen molar-refractivity contribution in [1.82, 2.24) is 10.2 Å². The van der Waals surface area contributed by atoms with Gasteiger partial charge in [-0.2, -0.15) is 0 Å². The van der Waals surface area contributed by atoms with Gasteiger partial charge in [0, 0.05) is 32.8 Å². The van der Waals surface area contributed by atoms with Crippen molar-refractivity contribution in [2.24, 2.45) is 5.92 Å². The fourth-order valence-corrected chi connectivity index (χ4v) is 2.44. The maximum Gasteiger partial charge on any atom is 0.0826 e. The maximum atomic E-state index is 5.78. The zero-order chi connectivity index (χ0) is 14.6. The monoisotopic (exact) mass is 286 g/mol. The molecule has 1 heterocycles. The average molecular weight is 286 g/mol. The van der Waals surface area contributed by atoms with E-state index in [2.05, 4.69) is 31.0 Å². The highest BCUT2D eigenvalue weighted by molar-refractivity contribution is 4.73. The van der Waals surface area contributed by atoms with Crippen LogP contribution in [-0.4, -0.2) is 63.5 Å². The van der Waals surface area contributed by atoms with Crippen LogP contribution in [0.2, 0.25) is 0 Å². The zero-order valence-corrected chi connectivity index (χ0v) is 13.7. The van der Waals surface area contributed by atoms with Gasteiger partial charge in [0.2, 0.25) is 0 Å². The lowest BCUT2D eigenvalue weighted by molar-refractivity contribution is -0.0349. The number of hydrogen-bond acceptors (Lipinski definition) is 4. The van der Waals surface area contributed by atoms with Gasteiger partial charge in [0.1, 0.15) is 0 Å². The molecule has 0 aromatic rings. The van der Waals surface area contributed by atoms with E-state index in [0.29, 0.717) is 6.10 Å². The summed E-state index contributed by atoms with van der Waals surface area (Å²) in [6, 6.07) is 0. The van der Waals surface area contributed by atoms with E-state index in [1.807, 2.05) is 0 Å². The highest BCUT2D eigenvalue weighted by Crippen LogP contribution is 2.05. The van der Waals surface area contributed by atoms with Crippen LogP contribution in [0.1, 0.15) is 40.0 Å². The Morgan fingerprint density at radius 1 is 1.35 bits per heavy atom. The first-order valence-corrected chi connectivity index (χ1v) is 8.34. The topological polar surface area (TPSA) is 33.7 Å². The van der Waals surface area contributed by atoms with Crippen LogP contribution in [0.15, 0.2) is 0 Å². The van der Waals surface area contributed by atoms with Crippen molar-refractivity contribution in [1.29, 1.82) is 0 Å². The molecule has 1 aliphatic rings. The molecule has 20 heavy (non-hydrogen) atoms. The van der Waals surface area contributed by atoms with Gasteiger partial charge in [-0.3, -0.25) is 4.90 Å². The molecule has 1 N–H and O–H groups in total. The van der Waals surface area contributed by atoms with E-state index < -0.39 is 0 Å². The van der Waals surface area contributed by atoms with Crippen molar-refractivity contribution in [3.05, 3.63) is 0 Å². The number of rotatable bonds is 11. The molecule has 1 aliphatic heterocycles. The Morgan fingerprint density at radius 3 is 2.95 bits per heavy atom. The van der Waals surface area contributed by atoms with Gasteiger partial charge in [-0.1, -0.05) is 20.8 Å². The number of ether oxygens (including phenoxy) is 2. The SMILES string of the molecule is CCCNC[C@@H]1CN(CCOCCCC(C)C)CCO1. The molecule has 4 nitrogen and oxygen atoms in total. The number of morpholine rings is 1. The predicted octanol–water partition coefficient (Wildman–Crippen LogP) is 2.14. The summed E-state index contributed by atoms with van der Waals surface area (Å²) in [4.78, 5) is 2.46. The zero-order valence-electron chi connectivity index (χ0n) is 13.7. The van der Waals surface area contributed by atoms with E-state index in [0.717, 1.165) is 58.5 Å². The summed E-state index contributed by atoms with van der Waals surface area (Å²) in [6.07, 6.45) is 3.98. The fraction of sp³-hybridized carbons (Fsp3) is 1.00. The Morgan fingerprint density at radius 2 is 2.20 bits per heavy atom. The molecule has 120 valence electrons. The van der Waals surface area contributed by atoms with Crippen LogP contribution >= 0.6 is 0 Å². The van der Waals surface area contributed by atoms with Crippen molar-refractivity contribution < 1.29 is 9.47 Å². The molecule has 0 aliphatic carbocycles. The molecule has 0 radical (unpaired) electrons. The van der Waals surface area contributed by atoms with E-state index in [1.165, 1.54) is 19.3 Å². The molecular formula is C16H34N2O2. The third-order valence-electron chi connectivity index (χ3n) is 3.64. The molecule has 1 fully saturated rings. The molecule has 0 unspecified atom stereocenters. The van der Waals surface area contributed by atoms with Crippen molar-refractivity contribution in [3.63, 3.8) is 0 Å². The van der Waals surface area contributed by atoms with E-state index in [9.17, 15) is 0 Å². The van der Waals surface area contributed by atoms with E-state index >= 15 is 0 Å². The van der Waals surface area contributed by atoms with Crippen LogP contribution in [0.5, 0.6) is 0 Å². The van der Waals surface area contributed by atoms with E-state index in [4.69, 9.17) is 9.47 Å². The third-order valence-corrected chi connectivity index (χ3v) is 3.64. The number of nitrogens with one attached hydrogen (secondary N) is 1. The first kappa shape index (κ1) is 17.9. The van der Waals surface area contributed by atoms with Gasteiger partial charge < -0.3 is 14.8 Å². The first-order valence-electron chi connectivity index (χ1n) is 8.34. The molecule has 0 aromatic carbocycles. The lowest BCUT2D eigenvalue weighted by Gasteiger charge is -2.33. The van der Waals surface area contributed by atoms with Crippen molar-refractivity contribution in [2.75, 3.05) is 52.5 Å². The molecule has 0 aromatic heterocycles. The average Bonchev–Trinajstić information content (AvgIpc) is 2.43. The van der Waals surface area contributed by atoms with Gasteiger partial charge in [0.05, 0.1) is 19.3 Å². The molecule has 4 heteroatoms. The molecule has 0 saturated carbocycles. The summed E-state index contributed by atoms with van der Waals surface area (Å²) in [5.41, 5.74) is 0. The summed E-state index contributed by atoms with van der Waals surface area (Å²) in [7, 11) is 0. The normalized spacial score (nSPS) is 20.7. The second kappa shape index (κ2) is 11.5. The van der Waals surface area contributed by atoms with Gasteiger partial charge in [-0.05, 0) is 31.7 Å². The van der Waals surface area contributed by atoms with E-state index in [-0.39, 0.29) is 0 Å². The van der Waals surface area contributed by atoms with Gasteiger partial charge >= 0.3 is 0 Å². The third kappa shape index (κ3) is 8.90. The summed E-state index contributed by atoms with van der Waals surface area (Å²) >= 11 is 0. The summed E-state index contributed by atoms with van der Waals surface area (Å²) in [5.74, 6) is 0.786. The fourth-order valence-electron chi connectivity index (χ4n) is 2.44. The minimum absolute atomic E-state index is 0.344. The molecule has 1 atom stereocenters. The Hall–Kier alpha value is -0.160. The standard InChI is InChI=1S/C16H34N2O2/c1-4-7-17-13-16-14-18(9-12-20-16)8-11-19-10-5-6-15(2)3/h15-17H,4-14H2,1-3H3/t16-/m1/s1. The van der Waals surface area contributed by atoms with Crippen LogP contribution in [0.3, 0.4) is 0 Å². The highest BCUT2D eigenvalue weighted by atomic mass is 16.5. The second-order valence-electron chi connectivity index (χ2n) is 6.15. The van der Waals surface area contributed by atoms with Crippen LogP contribution in [0.4, 0.5) is 0 Å². The largest absolute Gasteiger partial charge is 0.380 e. The maximum absolute atomic E-state index is 5.78. The van der Waals surface area contributed by atoms with Crippen LogP contribution in [0.25, 0.3) is 0 Å².